The number of nitrogens with zero attached hydrogens (tertiary/aromatic N) is 4. The lowest BCUT2D eigenvalue weighted by Crippen LogP contribution is -2.37. The van der Waals surface area contributed by atoms with E-state index in [1.54, 1.807) is 18.1 Å². The van der Waals surface area contributed by atoms with E-state index in [1.165, 1.54) is 0 Å². The van der Waals surface area contributed by atoms with E-state index in [1.807, 2.05) is 48.0 Å². The van der Waals surface area contributed by atoms with Crippen LogP contribution in [-0.4, -0.2) is 43.1 Å². The molecule has 10 heteroatoms. The first kappa shape index (κ1) is 20.7. The number of anilines is 2. The normalized spacial score (nSPS) is 18.1. The van der Waals surface area contributed by atoms with Crippen LogP contribution in [0, 0.1) is 12.8 Å². The van der Waals surface area contributed by atoms with Gasteiger partial charge in [0.15, 0.2) is 5.82 Å². The van der Waals surface area contributed by atoms with Crippen LogP contribution in [0.4, 0.5) is 11.5 Å². The van der Waals surface area contributed by atoms with Crippen molar-refractivity contribution in [3.8, 4) is 0 Å². The summed E-state index contributed by atoms with van der Waals surface area (Å²) in [7, 11) is 0. The van der Waals surface area contributed by atoms with E-state index in [9.17, 15) is 4.79 Å². The summed E-state index contributed by atoms with van der Waals surface area (Å²) in [6, 6.07) is 9.92. The summed E-state index contributed by atoms with van der Waals surface area (Å²) in [5, 5.41) is 16.9. The van der Waals surface area contributed by atoms with Crippen molar-refractivity contribution < 1.29 is 4.79 Å². The third-order valence-corrected chi connectivity index (χ3v) is 6.47. The monoisotopic (exact) mass is 450 g/mol. The summed E-state index contributed by atoms with van der Waals surface area (Å²) in [5.41, 5.74) is 1.82. The molecule has 3 aromatic rings. The van der Waals surface area contributed by atoms with Crippen molar-refractivity contribution in [3.05, 3.63) is 60.4 Å². The second kappa shape index (κ2) is 9.09. The molecule has 1 fully saturated rings. The number of carbonyl (C=O) groups excluding carboxylic acids is 1. The van der Waals surface area contributed by atoms with Crippen LogP contribution < -0.4 is 16.0 Å². The van der Waals surface area contributed by atoms with E-state index in [0.717, 1.165) is 59.7 Å². The minimum absolute atomic E-state index is 0.0456. The molecular formula is C22H26N8OS. The fourth-order valence-corrected chi connectivity index (χ4v) is 4.73. The van der Waals surface area contributed by atoms with E-state index in [4.69, 9.17) is 0 Å². The Morgan fingerprint density at radius 3 is 2.91 bits per heavy atom. The number of hydrogen-bond acceptors (Lipinski definition) is 7. The van der Waals surface area contributed by atoms with E-state index >= 15 is 0 Å². The molecule has 2 aliphatic rings. The second-order valence-electron chi connectivity index (χ2n) is 8.01. The van der Waals surface area contributed by atoms with Gasteiger partial charge >= 0.3 is 0 Å². The number of aryl methyl sites for hydroxylation is 1. The van der Waals surface area contributed by atoms with Gasteiger partial charge < -0.3 is 20.3 Å². The van der Waals surface area contributed by atoms with Crippen LogP contribution >= 0.6 is 11.9 Å². The quantitative estimate of drug-likeness (QED) is 0.428. The number of nitrogens with one attached hydrogen (secondary N) is 4. The highest BCUT2D eigenvalue weighted by molar-refractivity contribution is 7.97. The van der Waals surface area contributed by atoms with Crippen LogP contribution in [0.3, 0.4) is 0 Å². The summed E-state index contributed by atoms with van der Waals surface area (Å²) < 4.78 is 4.16. The first-order chi connectivity index (χ1) is 15.6. The lowest BCUT2D eigenvalue weighted by atomic mass is 9.99. The summed E-state index contributed by atoms with van der Waals surface area (Å²) >= 11 is 1.62. The summed E-state index contributed by atoms with van der Waals surface area (Å²) in [6.07, 6.45) is 7.78. The zero-order valence-electron chi connectivity index (χ0n) is 17.8. The van der Waals surface area contributed by atoms with Gasteiger partial charge in [-0.1, -0.05) is 0 Å². The maximum Gasteiger partial charge on any atom is 0.228 e. The van der Waals surface area contributed by atoms with Crippen LogP contribution in [0.15, 0.2) is 53.8 Å². The minimum Gasteiger partial charge on any atom is -0.326 e. The molecule has 0 aliphatic carbocycles. The number of H-pyrrole nitrogens is 1. The molecule has 4 N–H and O–H groups in total. The van der Waals surface area contributed by atoms with E-state index in [2.05, 4.69) is 41.6 Å². The van der Waals surface area contributed by atoms with Gasteiger partial charge in [0.1, 0.15) is 11.6 Å². The molecule has 1 amide bonds. The summed E-state index contributed by atoms with van der Waals surface area (Å²) in [5.74, 6) is 2.72. The van der Waals surface area contributed by atoms with Crippen LogP contribution in [0.5, 0.6) is 0 Å². The predicted octanol–water partition coefficient (Wildman–Crippen LogP) is 3.24. The van der Waals surface area contributed by atoms with Crippen LogP contribution in [-0.2, 0) is 11.3 Å². The number of carbonyl (C=O) groups is 1. The van der Waals surface area contributed by atoms with Gasteiger partial charge in [-0.25, -0.2) is 4.98 Å². The maximum atomic E-state index is 12.5. The molecule has 166 valence electrons. The standard InChI is InChI=1S/C22H26N8OS/c1-15-11-19(28-27-15)26-21-14-29(13-20-24-9-10-30(20)21)32-18-6-4-17(5-7-18)25-22(31)16-3-2-8-23-12-16/h4-7,9-11,14,16,23H,2-3,8,12-13H2,1H3,(H,25,31)(H2,26,27,28). The van der Waals surface area contributed by atoms with Gasteiger partial charge in [0.25, 0.3) is 0 Å². The molecule has 0 radical (unpaired) electrons. The van der Waals surface area contributed by atoms with Gasteiger partial charge in [0, 0.05) is 41.3 Å². The number of piperidine rings is 1. The average Bonchev–Trinajstić information content (AvgIpc) is 3.44. The fraction of sp³-hybridized carbons (Fsp3) is 0.318. The zero-order chi connectivity index (χ0) is 21.9. The number of hydrogen-bond donors (Lipinski definition) is 4. The summed E-state index contributed by atoms with van der Waals surface area (Å²) in [4.78, 5) is 18.0. The SMILES string of the molecule is Cc1cc(NC2=CN(Sc3ccc(NC(=O)C4CCCNC4)cc3)Cc3nccn32)n[nH]1. The molecule has 0 saturated carbocycles. The van der Waals surface area contributed by atoms with Crippen molar-refractivity contribution >= 4 is 35.2 Å². The maximum absolute atomic E-state index is 12.5. The predicted molar refractivity (Wildman–Crippen MR) is 126 cm³/mol. The van der Waals surface area contributed by atoms with Gasteiger partial charge in [-0.05, 0) is 62.5 Å². The Kier molecular flexibility index (Phi) is 5.87. The highest BCUT2D eigenvalue weighted by Gasteiger charge is 2.21. The number of rotatable bonds is 6. The van der Waals surface area contributed by atoms with Gasteiger partial charge in [0.05, 0.1) is 18.7 Å². The largest absolute Gasteiger partial charge is 0.326 e. The molecule has 32 heavy (non-hydrogen) atoms. The third kappa shape index (κ3) is 4.66. The van der Waals surface area contributed by atoms with Gasteiger partial charge in [-0.3, -0.25) is 14.5 Å². The Labute approximate surface area is 190 Å². The van der Waals surface area contributed by atoms with Crippen molar-refractivity contribution in [2.75, 3.05) is 23.7 Å². The number of fused-ring (bicyclic) bond motifs is 1. The molecule has 5 rings (SSSR count). The van der Waals surface area contributed by atoms with Crippen molar-refractivity contribution in [2.24, 2.45) is 5.92 Å². The molecule has 4 heterocycles. The van der Waals surface area contributed by atoms with Crippen LogP contribution in [0.25, 0.3) is 5.82 Å². The molecule has 1 aromatic carbocycles. The van der Waals surface area contributed by atoms with E-state index < -0.39 is 0 Å². The number of imidazole rings is 1. The lowest BCUT2D eigenvalue weighted by molar-refractivity contribution is -0.120. The molecule has 0 spiro atoms. The molecule has 0 bridgehead atoms. The van der Waals surface area contributed by atoms with Crippen molar-refractivity contribution in [1.82, 2.24) is 29.4 Å². The van der Waals surface area contributed by atoms with Gasteiger partial charge in [-0.15, -0.1) is 0 Å². The van der Waals surface area contributed by atoms with E-state index in [0.29, 0.717) is 6.54 Å². The van der Waals surface area contributed by atoms with Crippen molar-refractivity contribution in [3.63, 3.8) is 0 Å². The average molecular weight is 451 g/mol. The zero-order valence-corrected chi connectivity index (χ0v) is 18.7. The first-order valence-corrected chi connectivity index (χ1v) is 11.5. The highest BCUT2D eigenvalue weighted by Crippen LogP contribution is 2.30. The second-order valence-corrected chi connectivity index (χ2v) is 9.14. The van der Waals surface area contributed by atoms with Gasteiger partial charge in [-0.2, -0.15) is 5.10 Å². The number of aromatic nitrogens is 4. The fourth-order valence-electron chi connectivity index (χ4n) is 3.87. The first-order valence-electron chi connectivity index (χ1n) is 10.7. The molecule has 2 aliphatic heterocycles. The Morgan fingerprint density at radius 2 is 2.16 bits per heavy atom. The number of benzene rings is 1. The molecule has 1 unspecified atom stereocenters. The van der Waals surface area contributed by atoms with Crippen LogP contribution in [0.2, 0.25) is 0 Å². The minimum atomic E-state index is 0.0456. The van der Waals surface area contributed by atoms with Crippen LogP contribution in [0.1, 0.15) is 24.4 Å². The van der Waals surface area contributed by atoms with Gasteiger partial charge in [0.2, 0.25) is 5.91 Å². The lowest BCUT2D eigenvalue weighted by Gasteiger charge is -2.26. The Bertz CT molecular complexity index is 1110. The Hall–Kier alpha value is -3.24. The molecule has 1 saturated heterocycles. The molecule has 9 nitrogen and oxygen atoms in total. The number of amides is 1. The van der Waals surface area contributed by atoms with Crippen molar-refractivity contribution in [1.29, 1.82) is 0 Å². The van der Waals surface area contributed by atoms with Crippen molar-refractivity contribution in [2.45, 2.75) is 31.2 Å². The Balaban J connectivity index is 1.25. The van der Waals surface area contributed by atoms with E-state index in [-0.39, 0.29) is 11.8 Å². The molecule has 1 atom stereocenters. The number of aromatic amines is 1. The third-order valence-electron chi connectivity index (χ3n) is 5.51. The smallest absolute Gasteiger partial charge is 0.228 e. The summed E-state index contributed by atoms with van der Waals surface area (Å²) in [6.45, 7) is 4.40. The Morgan fingerprint density at radius 1 is 1.28 bits per heavy atom. The highest BCUT2D eigenvalue weighted by atomic mass is 32.2. The topological polar surface area (TPSA) is 103 Å². The molecular weight excluding hydrogens is 424 g/mol. The molecule has 2 aromatic heterocycles.